The molecular weight excluding hydrogens is 376 g/mol. The van der Waals surface area contributed by atoms with Crippen LogP contribution in [0.3, 0.4) is 0 Å². The van der Waals surface area contributed by atoms with Gasteiger partial charge < -0.3 is 19.7 Å². The molecule has 5 nitrogen and oxygen atoms in total. The Morgan fingerprint density at radius 2 is 1.90 bits per heavy atom. The summed E-state index contributed by atoms with van der Waals surface area (Å²) in [5.41, 5.74) is 5.96. The standard InChI is InChI=1S/C25H32N2O3/c1-5-6-7-8-13-26-21-11-12-22-17(2)18(3)27(23(22)15-21)16-20-10-9-19(25(28)29)14-24(20)30-4/h9-12,14-15,26H,5-8,13,16H2,1-4H3,(H,28,29). The molecule has 3 aromatic rings. The monoisotopic (exact) mass is 408 g/mol. The van der Waals surface area contributed by atoms with Gasteiger partial charge in [-0.1, -0.05) is 38.3 Å². The van der Waals surface area contributed by atoms with Crippen molar-refractivity contribution in [3.63, 3.8) is 0 Å². The summed E-state index contributed by atoms with van der Waals surface area (Å²) < 4.78 is 7.77. The van der Waals surface area contributed by atoms with Gasteiger partial charge in [0.25, 0.3) is 0 Å². The first kappa shape index (κ1) is 21.8. The Kier molecular flexibility index (Phi) is 7.03. The molecule has 30 heavy (non-hydrogen) atoms. The van der Waals surface area contributed by atoms with Crippen LogP contribution in [0.4, 0.5) is 5.69 Å². The summed E-state index contributed by atoms with van der Waals surface area (Å²) in [6.07, 6.45) is 4.96. The van der Waals surface area contributed by atoms with Crippen LogP contribution in [0, 0.1) is 13.8 Å². The van der Waals surface area contributed by atoms with Crippen LogP contribution in [0.25, 0.3) is 10.9 Å². The molecule has 1 aromatic heterocycles. The van der Waals surface area contributed by atoms with Crippen LogP contribution < -0.4 is 10.1 Å². The van der Waals surface area contributed by atoms with E-state index in [1.54, 1.807) is 19.2 Å². The van der Waals surface area contributed by atoms with Crippen molar-refractivity contribution in [2.45, 2.75) is 53.0 Å². The summed E-state index contributed by atoms with van der Waals surface area (Å²) in [6, 6.07) is 11.6. The molecule has 0 amide bonds. The summed E-state index contributed by atoms with van der Waals surface area (Å²) in [5, 5.41) is 14.1. The van der Waals surface area contributed by atoms with E-state index in [1.807, 2.05) is 6.07 Å². The number of unbranched alkanes of at least 4 members (excludes halogenated alkanes) is 3. The van der Waals surface area contributed by atoms with Crippen LogP contribution in [0.5, 0.6) is 5.75 Å². The lowest BCUT2D eigenvalue weighted by Gasteiger charge is -2.14. The lowest BCUT2D eigenvalue weighted by atomic mass is 10.1. The van der Waals surface area contributed by atoms with E-state index in [1.165, 1.54) is 47.8 Å². The average molecular weight is 409 g/mol. The number of nitrogens with zero attached hydrogens (tertiary/aromatic N) is 1. The minimum Gasteiger partial charge on any atom is -0.496 e. The summed E-state index contributed by atoms with van der Waals surface area (Å²) >= 11 is 0. The van der Waals surface area contributed by atoms with E-state index in [4.69, 9.17) is 4.74 Å². The molecule has 1 heterocycles. The fourth-order valence-electron chi connectivity index (χ4n) is 3.93. The molecular formula is C25H32N2O3. The molecule has 0 saturated heterocycles. The minimum atomic E-state index is -0.951. The summed E-state index contributed by atoms with van der Waals surface area (Å²) in [6.45, 7) is 8.11. The van der Waals surface area contributed by atoms with Gasteiger partial charge in [0.15, 0.2) is 0 Å². The second-order valence-electron chi connectivity index (χ2n) is 7.85. The molecule has 0 aliphatic carbocycles. The Labute approximate surface area is 178 Å². The molecule has 0 unspecified atom stereocenters. The molecule has 0 aliphatic heterocycles. The lowest BCUT2D eigenvalue weighted by Crippen LogP contribution is -2.06. The molecule has 160 valence electrons. The normalized spacial score (nSPS) is 11.1. The zero-order valence-corrected chi connectivity index (χ0v) is 18.4. The van der Waals surface area contributed by atoms with E-state index in [-0.39, 0.29) is 5.56 Å². The van der Waals surface area contributed by atoms with Crippen LogP contribution in [0.2, 0.25) is 0 Å². The van der Waals surface area contributed by atoms with Crippen molar-refractivity contribution in [3.8, 4) is 5.75 Å². The number of carboxylic acids is 1. The zero-order chi connectivity index (χ0) is 21.7. The van der Waals surface area contributed by atoms with Crippen LogP contribution in [0.15, 0.2) is 36.4 Å². The van der Waals surface area contributed by atoms with Crippen LogP contribution >= 0.6 is 0 Å². The molecule has 0 radical (unpaired) electrons. The molecule has 2 N–H and O–H groups in total. The van der Waals surface area contributed by atoms with Gasteiger partial charge in [0.2, 0.25) is 0 Å². The molecule has 0 aliphatic rings. The van der Waals surface area contributed by atoms with Crippen molar-refractivity contribution >= 4 is 22.6 Å². The fourth-order valence-corrected chi connectivity index (χ4v) is 3.93. The van der Waals surface area contributed by atoms with Gasteiger partial charge in [0.1, 0.15) is 5.75 Å². The van der Waals surface area contributed by atoms with Crippen molar-refractivity contribution < 1.29 is 14.6 Å². The van der Waals surface area contributed by atoms with Gasteiger partial charge in [-0.2, -0.15) is 0 Å². The molecule has 3 rings (SSSR count). The second-order valence-corrected chi connectivity index (χ2v) is 7.85. The highest BCUT2D eigenvalue weighted by atomic mass is 16.5. The Morgan fingerprint density at radius 1 is 1.10 bits per heavy atom. The molecule has 0 saturated carbocycles. The number of rotatable bonds is 10. The van der Waals surface area contributed by atoms with E-state index >= 15 is 0 Å². The first-order valence-electron chi connectivity index (χ1n) is 10.7. The van der Waals surface area contributed by atoms with Gasteiger partial charge >= 0.3 is 5.97 Å². The number of fused-ring (bicyclic) bond motifs is 1. The summed E-state index contributed by atoms with van der Waals surface area (Å²) in [4.78, 5) is 11.3. The Bertz CT molecular complexity index is 1040. The third-order valence-electron chi connectivity index (χ3n) is 5.86. The summed E-state index contributed by atoms with van der Waals surface area (Å²) in [7, 11) is 1.58. The first-order valence-corrected chi connectivity index (χ1v) is 10.7. The minimum absolute atomic E-state index is 0.232. The van der Waals surface area contributed by atoms with Crippen molar-refractivity contribution in [2.75, 3.05) is 19.0 Å². The Hall–Kier alpha value is -2.95. The number of anilines is 1. The number of aromatic carboxylic acids is 1. The van der Waals surface area contributed by atoms with Crippen molar-refractivity contribution in [1.29, 1.82) is 0 Å². The third kappa shape index (κ3) is 4.61. The molecule has 0 bridgehead atoms. The number of methoxy groups -OCH3 is 1. The number of carboxylic acid groups (broad SMARTS) is 1. The number of nitrogens with one attached hydrogen (secondary N) is 1. The predicted octanol–water partition coefficient (Wildman–Crippen LogP) is 6.01. The van der Waals surface area contributed by atoms with E-state index in [0.29, 0.717) is 12.3 Å². The highest BCUT2D eigenvalue weighted by Crippen LogP contribution is 2.30. The van der Waals surface area contributed by atoms with Crippen molar-refractivity contribution in [3.05, 3.63) is 58.8 Å². The maximum atomic E-state index is 11.3. The van der Waals surface area contributed by atoms with Gasteiger partial charge in [-0.15, -0.1) is 0 Å². The van der Waals surface area contributed by atoms with E-state index in [0.717, 1.165) is 17.8 Å². The van der Waals surface area contributed by atoms with Crippen LogP contribution in [-0.4, -0.2) is 29.3 Å². The number of aromatic nitrogens is 1. The van der Waals surface area contributed by atoms with Crippen molar-refractivity contribution in [1.82, 2.24) is 4.57 Å². The van der Waals surface area contributed by atoms with Gasteiger partial charge in [-0.3, -0.25) is 0 Å². The number of ether oxygens (including phenoxy) is 1. The number of hydrogen-bond donors (Lipinski definition) is 2. The topological polar surface area (TPSA) is 63.5 Å². The van der Waals surface area contributed by atoms with E-state index in [9.17, 15) is 9.90 Å². The molecule has 0 atom stereocenters. The second kappa shape index (κ2) is 9.70. The number of benzene rings is 2. The molecule has 0 fully saturated rings. The van der Waals surface area contributed by atoms with Crippen LogP contribution in [0.1, 0.15) is 59.8 Å². The predicted molar refractivity (Wildman–Crippen MR) is 123 cm³/mol. The smallest absolute Gasteiger partial charge is 0.335 e. The summed E-state index contributed by atoms with van der Waals surface area (Å²) in [5.74, 6) is -0.355. The average Bonchev–Trinajstić information content (AvgIpc) is 2.98. The largest absolute Gasteiger partial charge is 0.496 e. The number of aryl methyl sites for hydroxylation is 1. The highest BCUT2D eigenvalue weighted by molar-refractivity contribution is 5.89. The first-order chi connectivity index (χ1) is 14.5. The van der Waals surface area contributed by atoms with Crippen LogP contribution in [-0.2, 0) is 6.54 Å². The highest BCUT2D eigenvalue weighted by Gasteiger charge is 2.15. The Morgan fingerprint density at radius 3 is 2.60 bits per heavy atom. The van der Waals surface area contributed by atoms with Gasteiger partial charge in [-0.25, -0.2) is 4.79 Å². The number of hydrogen-bond acceptors (Lipinski definition) is 3. The van der Waals surface area contributed by atoms with Gasteiger partial charge in [0.05, 0.1) is 24.7 Å². The van der Waals surface area contributed by atoms with Gasteiger partial charge in [0, 0.05) is 28.9 Å². The van der Waals surface area contributed by atoms with E-state index in [2.05, 4.69) is 48.9 Å². The Balaban J connectivity index is 1.90. The fraction of sp³-hybridized carbons (Fsp3) is 0.400. The lowest BCUT2D eigenvalue weighted by molar-refractivity contribution is 0.0696. The maximum absolute atomic E-state index is 11.3. The maximum Gasteiger partial charge on any atom is 0.335 e. The van der Waals surface area contributed by atoms with Gasteiger partial charge in [-0.05, 0) is 50.1 Å². The van der Waals surface area contributed by atoms with Crippen molar-refractivity contribution in [2.24, 2.45) is 0 Å². The van der Waals surface area contributed by atoms with E-state index < -0.39 is 5.97 Å². The molecule has 5 heteroatoms. The third-order valence-corrected chi connectivity index (χ3v) is 5.86. The molecule has 0 spiro atoms. The number of carbonyl (C=O) groups is 1. The quantitative estimate of drug-likeness (QED) is 0.404. The zero-order valence-electron chi connectivity index (χ0n) is 18.4. The molecule has 2 aromatic carbocycles. The SMILES string of the molecule is CCCCCCNc1ccc2c(C)c(C)n(Cc3ccc(C(=O)O)cc3OC)c2c1.